The summed E-state index contributed by atoms with van der Waals surface area (Å²) in [5, 5.41) is -0.689. The van der Waals surface area contributed by atoms with Gasteiger partial charge in [0.2, 0.25) is 0 Å². The highest BCUT2D eigenvalue weighted by Gasteiger charge is 2.32. The molecule has 0 bridgehead atoms. The van der Waals surface area contributed by atoms with Crippen LogP contribution < -0.4 is 16.4 Å². The minimum atomic E-state index is -4.74. The maximum absolute atomic E-state index is 12.7. The Labute approximate surface area is 142 Å². The van der Waals surface area contributed by atoms with Crippen LogP contribution in [0.2, 0.25) is 5.02 Å². The summed E-state index contributed by atoms with van der Waals surface area (Å²) in [6.45, 7) is -0.788. The number of amides is 2. The Hall–Kier alpha value is -2.95. The van der Waals surface area contributed by atoms with Gasteiger partial charge in [-0.05, 0) is 6.07 Å². The summed E-state index contributed by atoms with van der Waals surface area (Å²) in [6.07, 6.45) is -0.563. The first-order valence-corrected chi connectivity index (χ1v) is 6.88. The molecule has 2 aromatic heterocycles. The summed E-state index contributed by atoms with van der Waals surface area (Å²) in [6, 6.07) is 0.466. The molecule has 12 heteroatoms. The number of nitrogens with one attached hydrogen (secondary N) is 2. The van der Waals surface area contributed by atoms with E-state index in [2.05, 4.69) is 9.97 Å². The molecule has 0 saturated heterocycles. The van der Waals surface area contributed by atoms with Crippen molar-refractivity contribution in [1.29, 1.82) is 0 Å². The van der Waals surface area contributed by atoms with E-state index >= 15 is 0 Å². The first-order chi connectivity index (χ1) is 11.7. The molecule has 2 rings (SSSR count). The third-order valence-corrected chi connectivity index (χ3v) is 3.07. The van der Waals surface area contributed by atoms with Gasteiger partial charge in [-0.25, -0.2) is 4.98 Å². The van der Waals surface area contributed by atoms with Crippen LogP contribution in [0.1, 0.15) is 16.1 Å². The van der Waals surface area contributed by atoms with Gasteiger partial charge in [0.1, 0.15) is 17.3 Å². The van der Waals surface area contributed by atoms with Crippen LogP contribution >= 0.6 is 11.6 Å². The maximum atomic E-state index is 12.7. The van der Waals surface area contributed by atoms with Crippen LogP contribution in [0.15, 0.2) is 35.6 Å². The molecule has 132 valence electrons. The normalized spacial score (nSPS) is 11.0. The summed E-state index contributed by atoms with van der Waals surface area (Å²) >= 11 is 5.47. The van der Waals surface area contributed by atoms with Crippen LogP contribution in [0.4, 0.5) is 13.2 Å². The van der Waals surface area contributed by atoms with Crippen LogP contribution in [0.3, 0.4) is 0 Å². The zero-order valence-electron chi connectivity index (χ0n) is 12.2. The Morgan fingerprint density at radius 3 is 2.56 bits per heavy atom. The third kappa shape index (κ3) is 4.76. The fourth-order valence-corrected chi connectivity index (χ4v) is 1.90. The molecule has 0 unspecified atom stereocenters. The van der Waals surface area contributed by atoms with Crippen LogP contribution in [0.25, 0.3) is 0 Å². The number of alkyl halides is 3. The van der Waals surface area contributed by atoms with Gasteiger partial charge in [-0.15, -0.1) is 0 Å². The van der Waals surface area contributed by atoms with Gasteiger partial charge in [-0.2, -0.15) is 13.2 Å². The Balaban J connectivity index is 2.07. The average molecular weight is 376 g/mol. The molecule has 0 spiro atoms. The van der Waals surface area contributed by atoms with Crippen LogP contribution in [-0.4, -0.2) is 26.3 Å². The molecule has 0 fully saturated rings. The van der Waals surface area contributed by atoms with E-state index in [4.69, 9.17) is 11.6 Å². The number of halogens is 4. The molecule has 0 aliphatic heterocycles. The number of hydrogen-bond acceptors (Lipinski definition) is 5. The highest BCUT2D eigenvalue weighted by Crippen LogP contribution is 2.29. The second-order valence-corrected chi connectivity index (χ2v) is 5.01. The SMILES string of the molecule is O=C(Cn1cc(C(F)(F)F)cc(Cl)c1=O)NNC(=O)c1cnccn1. The topological polar surface area (TPSA) is 106 Å². The minimum Gasteiger partial charge on any atom is -0.304 e. The molecule has 0 aliphatic carbocycles. The lowest BCUT2D eigenvalue weighted by Crippen LogP contribution is -2.44. The van der Waals surface area contributed by atoms with Crippen molar-refractivity contribution >= 4 is 23.4 Å². The van der Waals surface area contributed by atoms with E-state index in [9.17, 15) is 27.6 Å². The van der Waals surface area contributed by atoms with E-state index in [1.54, 1.807) is 0 Å². The molecule has 2 amide bonds. The van der Waals surface area contributed by atoms with E-state index in [0.717, 1.165) is 6.20 Å². The monoisotopic (exact) mass is 375 g/mol. The number of nitrogens with zero attached hydrogens (tertiary/aromatic N) is 3. The molecular weight excluding hydrogens is 367 g/mol. The Morgan fingerprint density at radius 1 is 1.24 bits per heavy atom. The molecule has 2 heterocycles. The first kappa shape index (κ1) is 18.4. The number of aromatic nitrogens is 3. The molecule has 0 aromatic carbocycles. The molecule has 0 radical (unpaired) electrons. The standard InChI is InChI=1S/C13H9ClF3N5O3/c14-8-3-7(13(15,16)17)5-22(12(8)25)6-10(23)20-21-11(24)9-4-18-1-2-19-9/h1-5H,6H2,(H,20,23)(H,21,24). The molecule has 2 aromatic rings. The zero-order chi connectivity index (χ0) is 18.6. The Morgan fingerprint density at radius 2 is 1.96 bits per heavy atom. The van der Waals surface area contributed by atoms with Gasteiger partial charge < -0.3 is 4.57 Å². The number of hydrogen-bond donors (Lipinski definition) is 2. The third-order valence-electron chi connectivity index (χ3n) is 2.79. The smallest absolute Gasteiger partial charge is 0.304 e. The highest BCUT2D eigenvalue weighted by atomic mass is 35.5. The largest absolute Gasteiger partial charge is 0.417 e. The van der Waals surface area contributed by atoms with Gasteiger partial charge in [0, 0.05) is 18.6 Å². The Bertz CT molecular complexity index is 854. The second kappa shape index (κ2) is 7.30. The number of carbonyl (C=O) groups is 2. The first-order valence-electron chi connectivity index (χ1n) is 6.51. The van der Waals surface area contributed by atoms with Crippen molar-refractivity contribution < 1.29 is 22.8 Å². The van der Waals surface area contributed by atoms with E-state index in [1.165, 1.54) is 12.4 Å². The summed E-state index contributed by atoms with van der Waals surface area (Å²) in [5.41, 5.74) is 1.67. The van der Waals surface area contributed by atoms with E-state index in [0.29, 0.717) is 16.8 Å². The summed E-state index contributed by atoms with van der Waals surface area (Å²) in [4.78, 5) is 42.4. The fourth-order valence-electron chi connectivity index (χ4n) is 1.67. The van der Waals surface area contributed by atoms with Crippen molar-refractivity contribution in [3.8, 4) is 0 Å². The van der Waals surface area contributed by atoms with Crippen molar-refractivity contribution in [2.45, 2.75) is 12.7 Å². The van der Waals surface area contributed by atoms with E-state index in [-0.39, 0.29) is 5.69 Å². The lowest BCUT2D eigenvalue weighted by atomic mass is 10.2. The minimum absolute atomic E-state index is 0.0953. The van der Waals surface area contributed by atoms with Crippen LogP contribution in [0, 0.1) is 0 Å². The maximum Gasteiger partial charge on any atom is 0.417 e. The predicted octanol–water partition coefficient (Wildman–Crippen LogP) is 0.772. The fraction of sp³-hybridized carbons (Fsp3) is 0.154. The predicted molar refractivity (Wildman–Crippen MR) is 78.4 cm³/mol. The van der Waals surface area contributed by atoms with Crippen molar-refractivity contribution in [3.63, 3.8) is 0 Å². The number of pyridine rings is 1. The molecule has 25 heavy (non-hydrogen) atoms. The number of rotatable bonds is 3. The number of carbonyl (C=O) groups excluding carboxylic acids is 2. The summed E-state index contributed by atoms with van der Waals surface area (Å²) in [5.74, 6) is -1.74. The molecular formula is C13H9ClF3N5O3. The van der Waals surface area contributed by atoms with Crippen molar-refractivity contribution in [2.75, 3.05) is 0 Å². The molecule has 8 nitrogen and oxygen atoms in total. The number of hydrazine groups is 1. The van der Waals surface area contributed by atoms with Gasteiger partial charge in [-0.1, -0.05) is 11.6 Å². The second-order valence-electron chi connectivity index (χ2n) is 4.60. The lowest BCUT2D eigenvalue weighted by molar-refractivity contribution is -0.138. The van der Waals surface area contributed by atoms with Crippen LogP contribution in [-0.2, 0) is 17.5 Å². The van der Waals surface area contributed by atoms with Gasteiger partial charge in [-0.3, -0.25) is 30.2 Å². The van der Waals surface area contributed by atoms with E-state index < -0.39 is 40.7 Å². The van der Waals surface area contributed by atoms with Gasteiger partial charge in [0.25, 0.3) is 17.4 Å². The van der Waals surface area contributed by atoms with Gasteiger partial charge >= 0.3 is 6.18 Å². The van der Waals surface area contributed by atoms with Crippen LogP contribution in [0.5, 0.6) is 0 Å². The highest BCUT2D eigenvalue weighted by molar-refractivity contribution is 6.30. The summed E-state index contributed by atoms with van der Waals surface area (Å²) in [7, 11) is 0. The van der Waals surface area contributed by atoms with Crippen molar-refractivity contribution in [2.24, 2.45) is 0 Å². The van der Waals surface area contributed by atoms with E-state index in [1.807, 2.05) is 10.9 Å². The Kier molecular flexibility index (Phi) is 5.37. The van der Waals surface area contributed by atoms with Crippen molar-refractivity contribution in [3.05, 3.63) is 57.5 Å². The molecule has 0 aliphatic rings. The lowest BCUT2D eigenvalue weighted by Gasteiger charge is -2.12. The summed E-state index contributed by atoms with van der Waals surface area (Å²) < 4.78 is 38.6. The molecule has 0 atom stereocenters. The van der Waals surface area contributed by atoms with Crippen molar-refractivity contribution in [1.82, 2.24) is 25.4 Å². The average Bonchev–Trinajstić information content (AvgIpc) is 2.56. The quantitative estimate of drug-likeness (QED) is 0.771. The molecule has 2 N–H and O–H groups in total. The van der Waals surface area contributed by atoms with Gasteiger partial charge in [0.05, 0.1) is 11.8 Å². The zero-order valence-corrected chi connectivity index (χ0v) is 12.9. The van der Waals surface area contributed by atoms with Gasteiger partial charge in [0.15, 0.2) is 0 Å². The molecule has 0 saturated carbocycles.